The van der Waals surface area contributed by atoms with Gasteiger partial charge < -0.3 is 5.32 Å². The number of allylic oxidation sites excluding steroid dienone is 5. The number of carbonyl (C=O) groups excluding carboxylic acids is 1. The lowest BCUT2D eigenvalue weighted by molar-refractivity contribution is -0.120. The zero-order valence-electron chi connectivity index (χ0n) is 8.63. The van der Waals surface area contributed by atoms with Crippen LogP contribution in [0.2, 0.25) is 0 Å². The molecule has 2 rings (SSSR count). The third-order valence-corrected chi connectivity index (χ3v) is 2.58. The first-order valence-electron chi connectivity index (χ1n) is 4.98. The Morgan fingerprint density at radius 3 is 2.93 bits per heavy atom. The summed E-state index contributed by atoms with van der Waals surface area (Å²) in [5, 5.41) is 2.90. The molecular weight excluding hydrogens is 174 g/mol. The van der Waals surface area contributed by atoms with Crippen molar-refractivity contribution in [3.63, 3.8) is 0 Å². The van der Waals surface area contributed by atoms with Crippen LogP contribution >= 0.6 is 0 Å². The molecule has 0 bridgehead atoms. The number of hydrogen-bond acceptors (Lipinski definition) is 1. The highest BCUT2D eigenvalue weighted by Crippen LogP contribution is 2.30. The van der Waals surface area contributed by atoms with Gasteiger partial charge in [0.15, 0.2) is 0 Å². The molecule has 1 aliphatic carbocycles. The fourth-order valence-corrected chi connectivity index (χ4v) is 1.86. The summed E-state index contributed by atoms with van der Waals surface area (Å²) in [6.07, 6.45) is 9.86. The van der Waals surface area contributed by atoms with E-state index in [1.165, 1.54) is 5.57 Å². The van der Waals surface area contributed by atoms with Gasteiger partial charge in [-0.25, -0.2) is 0 Å². The summed E-state index contributed by atoms with van der Waals surface area (Å²) in [5.41, 5.74) is 2.33. The Morgan fingerprint density at radius 1 is 1.36 bits per heavy atom. The highest BCUT2D eigenvalue weighted by atomic mass is 16.1. The fourth-order valence-electron chi connectivity index (χ4n) is 1.86. The number of fused-ring (bicyclic) bond motifs is 1. The van der Waals surface area contributed by atoms with Crippen molar-refractivity contribution in [3.05, 3.63) is 35.6 Å². The Morgan fingerprint density at radius 2 is 2.14 bits per heavy atom. The molecule has 0 atom stereocenters. The van der Waals surface area contributed by atoms with Crippen molar-refractivity contribution >= 4 is 5.91 Å². The average molecular weight is 189 g/mol. The van der Waals surface area contributed by atoms with Crippen LogP contribution in [0, 0.1) is 5.41 Å². The van der Waals surface area contributed by atoms with Gasteiger partial charge in [-0.3, -0.25) is 4.79 Å². The minimum absolute atomic E-state index is 0.0929. The molecule has 2 aliphatic rings. The molecule has 0 spiro atoms. The van der Waals surface area contributed by atoms with Gasteiger partial charge in [0.2, 0.25) is 5.91 Å². The second-order valence-corrected chi connectivity index (χ2v) is 4.48. The summed E-state index contributed by atoms with van der Waals surface area (Å²) in [6.45, 7) is 4.34. The SMILES string of the molecule is CC1(C)C=CC=C2NC(=O)CCC2=C1. The summed E-state index contributed by atoms with van der Waals surface area (Å²) in [4.78, 5) is 11.2. The molecule has 0 aromatic heterocycles. The number of rotatable bonds is 0. The second kappa shape index (κ2) is 3.12. The van der Waals surface area contributed by atoms with Gasteiger partial charge >= 0.3 is 0 Å². The third-order valence-electron chi connectivity index (χ3n) is 2.58. The van der Waals surface area contributed by atoms with Crippen molar-refractivity contribution in [2.75, 3.05) is 0 Å². The number of piperidine rings is 1. The van der Waals surface area contributed by atoms with E-state index in [2.05, 4.69) is 31.3 Å². The molecular formula is C12H15NO. The molecule has 1 fully saturated rings. The van der Waals surface area contributed by atoms with E-state index < -0.39 is 0 Å². The topological polar surface area (TPSA) is 29.1 Å². The van der Waals surface area contributed by atoms with Crippen molar-refractivity contribution < 1.29 is 4.79 Å². The molecule has 0 radical (unpaired) electrons. The van der Waals surface area contributed by atoms with Crippen LogP contribution in [0.15, 0.2) is 35.6 Å². The zero-order chi connectivity index (χ0) is 10.2. The van der Waals surface area contributed by atoms with Gasteiger partial charge in [0.05, 0.1) is 0 Å². The number of amides is 1. The van der Waals surface area contributed by atoms with Crippen LogP contribution in [0.5, 0.6) is 0 Å². The fraction of sp³-hybridized carbons (Fsp3) is 0.417. The summed E-state index contributed by atoms with van der Waals surface area (Å²) in [7, 11) is 0. The average Bonchev–Trinajstić information content (AvgIpc) is 2.22. The van der Waals surface area contributed by atoms with Crippen molar-refractivity contribution in [3.8, 4) is 0 Å². The van der Waals surface area contributed by atoms with E-state index in [1.807, 2.05) is 12.2 Å². The molecule has 2 heteroatoms. The smallest absolute Gasteiger partial charge is 0.224 e. The zero-order valence-corrected chi connectivity index (χ0v) is 8.63. The molecule has 1 aliphatic heterocycles. The van der Waals surface area contributed by atoms with E-state index >= 15 is 0 Å². The quantitative estimate of drug-likeness (QED) is 0.622. The lowest BCUT2D eigenvalue weighted by Gasteiger charge is -2.21. The Hall–Kier alpha value is -1.31. The van der Waals surface area contributed by atoms with E-state index in [0.29, 0.717) is 6.42 Å². The van der Waals surface area contributed by atoms with Gasteiger partial charge in [-0.2, -0.15) is 0 Å². The highest BCUT2D eigenvalue weighted by Gasteiger charge is 2.21. The van der Waals surface area contributed by atoms with Gasteiger partial charge in [-0.15, -0.1) is 0 Å². The maximum atomic E-state index is 11.2. The Labute approximate surface area is 84.4 Å². The van der Waals surface area contributed by atoms with E-state index in [-0.39, 0.29) is 11.3 Å². The molecule has 0 unspecified atom stereocenters. The Kier molecular flexibility index (Phi) is 2.06. The van der Waals surface area contributed by atoms with Crippen LogP contribution in [0.25, 0.3) is 0 Å². The first-order valence-corrected chi connectivity index (χ1v) is 4.98. The monoisotopic (exact) mass is 189 g/mol. The third kappa shape index (κ3) is 1.79. The largest absolute Gasteiger partial charge is 0.326 e. The Balaban J connectivity index is 2.35. The molecule has 0 aromatic carbocycles. The lowest BCUT2D eigenvalue weighted by atomic mass is 9.89. The summed E-state index contributed by atoms with van der Waals surface area (Å²) in [6, 6.07) is 0. The van der Waals surface area contributed by atoms with Crippen LogP contribution in [0.1, 0.15) is 26.7 Å². The van der Waals surface area contributed by atoms with Gasteiger partial charge in [0.1, 0.15) is 0 Å². The van der Waals surface area contributed by atoms with Crippen molar-refractivity contribution in [1.29, 1.82) is 0 Å². The normalized spacial score (nSPS) is 24.3. The predicted molar refractivity (Wildman–Crippen MR) is 56.5 cm³/mol. The first kappa shape index (κ1) is 9.25. The van der Waals surface area contributed by atoms with Crippen LogP contribution in [0.3, 0.4) is 0 Å². The summed E-state index contributed by atoms with van der Waals surface area (Å²) >= 11 is 0. The predicted octanol–water partition coefficient (Wildman–Crippen LogP) is 2.30. The van der Waals surface area contributed by atoms with Crippen LogP contribution in [-0.4, -0.2) is 5.91 Å². The van der Waals surface area contributed by atoms with E-state index in [4.69, 9.17) is 0 Å². The highest BCUT2D eigenvalue weighted by molar-refractivity contribution is 5.81. The van der Waals surface area contributed by atoms with Gasteiger partial charge in [-0.05, 0) is 18.1 Å². The molecule has 1 heterocycles. The molecule has 1 saturated heterocycles. The minimum Gasteiger partial charge on any atom is -0.326 e. The molecule has 0 saturated carbocycles. The number of hydrogen-bond donors (Lipinski definition) is 1. The maximum Gasteiger partial charge on any atom is 0.224 e. The standard InChI is InChI=1S/C12H15NO/c1-12(2)7-3-4-10-9(8-12)5-6-11(14)13-10/h3-4,7-8H,5-6H2,1-2H3,(H,13,14). The molecule has 2 nitrogen and oxygen atoms in total. The van der Waals surface area contributed by atoms with Crippen LogP contribution in [0.4, 0.5) is 0 Å². The van der Waals surface area contributed by atoms with Gasteiger partial charge in [0, 0.05) is 17.5 Å². The van der Waals surface area contributed by atoms with Crippen molar-refractivity contribution in [2.45, 2.75) is 26.7 Å². The van der Waals surface area contributed by atoms with Crippen molar-refractivity contribution in [2.24, 2.45) is 5.41 Å². The van der Waals surface area contributed by atoms with Gasteiger partial charge in [0.25, 0.3) is 0 Å². The summed E-state index contributed by atoms with van der Waals surface area (Å²) in [5.74, 6) is 0.126. The molecule has 1 amide bonds. The second-order valence-electron chi connectivity index (χ2n) is 4.48. The number of nitrogens with one attached hydrogen (secondary N) is 1. The van der Waals surface area contributed by atoms with Crippen molar-refractivity contribution in [1.82, 2.24) is 5.32 Å². The van der Waals surface area contributed by atoms with Gasteiger partial charge in [-0.1, -0.05) is 32.1 Å². The molecule has 74 valence electrons. The first-order chi connectivity index (χ1) is 6.57. The molecule has 14 heavy (non-hydrogen) atoms. The van der Waals surface area contributed by atoms with Crippen LogP contribution < -0.4 is 5.32 Å². The number of carbonyl (C=O) groups is 1. The van der Waals surface area contributed by atoms with E-state index in [0.717, 1.165) is 12.1 Å². The van der Waals surface area contributed by atoms with Crippen LogP contribution in [-0.2, 0) is 4.79 Å². The van der Waals surface area contributed by atoms with E-state index in [9.17, 15) is 4.79 Å². The molecule has 1 N–H and O–H groups in total. The molecule has 0 aromatic rings. The maximum absolute atomic E-state index is 11.2. The van der Waals surface area contributed by atoms with E-state index in [1.54, 1.807) is 0 Å². The summed E-state index contributed by atoms with van der Waals surface area (Å²) < 4.78 is 0. The lowest BCUT2D eigenvalue weighted by Crippen LogP contribution is -2.28. The minimum atomic E-state index is 0.0929. The Bertz CT molecular complexity index is 359.